The number of para-hydroxylation sites is 4. The maximum absolute atomic E-state index is 13.2. The summed E-state index contributed by atoms with van der Waals surface area (Å²) in [6, 6.07) is 23.0. The molecule has 0 aliphatic carbocycles. The summed E-state index contributed by atoms with van der Waals surface area (Å²) < 4.78 is 45.8. The summed E-state index contributed by atoms with van der Waals surface area (Å²) >= 11 is 0. The van der Waals surface area contributed by atoms with Crippen LogP contribution in [-0.2, 0) is 18.7 Å². The van der Waals surface area contributed by atoms with E-state index in [2.05, 4.69) is 0 Å². The summed E-state index contributed by atoms with van der Waals surface area (Å²) in [6.45, 7) is 32.2. The summed E-state index contributed by atoms with van der Waals surface area (Å²) in [7, 11) is -8.92. The fourth-order valence-corrected chi connectivity index (χ4v) is 8.38. The second-order valence-electron chi connectivity index (χ2n) is 18.6. The smallest absolute Gasteiger partial charge is 0.481 e. The Morgan fingerprint density at radius 2 is 0.631 bits per heavy atom. The van der Waals surface area contributed by atoms with Gasteiger partial charge in [-0.1, -0.05) is 184 Å². The van der Waals surface area contributed by atoms with Gasteiger partial charge in [-0.15, -0.1) is 0 Å². The van der Waals surface area contributed by atoms with Crippen LogP contribution in [0.5, 0.6) is 23.0 Å². The Hall–Kier alpha value is -4.44. The van der Waals surface area contributed by atoms with Gasteiger partial charge in [-0.25, -0.2) is 9.13 Å². The normalized spacial score (nSPS) is 11.9. The van der Waals surface area contributed by atoms with Crippen molar-refractivity contribution in [2.45, 2.75) is 165 Å². The highest BCUT2D eigenvalue weighted by Gasteiger charge is 2.32. The van der Waals surface area contributed by atoms with Crippen LogP contribution in [0.3, 0.4) is 0 Å². The van der Waals surface area contributed by atoms with E-state index < -0.39 is 34.0 Å². The molecule has 0 heterocycles. The molecule has 0 aliphatic heterocycles. The highest BCUT2D eigenvalue weighted by molar-refractivity contribution is 7.48. The van der Waals surface area contributed by atoms with E-state index in [0.717, 1.165) is 44.5 Å². The van der Waals surface area contributed by atoms with Gasteiger partial charge in [0.15, 0.2) is 0 Å². The van der Waals surface area contributed by atoms with Crippen LogP contribution < -0.4 is 18.3 Å². The molecule has 0 saturated heterocycles. The lowest BCUT2D eigenvalue weighted by Crippen LogP contribution is -2.15. The Balaban J connectivity index is 0.000000352. The maximum atomic E-state index is 13.2. The standard InChI is InChI=1S/C24H35O4P.C15H20O4.C12H19O4P/c1-15(2)19-11-9-12-20(16(3)4)23(19)27-29(25,26)28-24-21(17(5)6)13-10-14-22(24)18(7)8;1-9(2)11-6-5-7-12(10(3)4)15(11)19-14(18)8-13(16)17;1-8(2)10-6-5-7-11(9(3)4)12(10)16-17(13,14)15/h9-18H,1-8H3,(H,25,26);5-7,9-10H,8H2,1-4H3,(H,16,17);5-9H,1-4H3,(H2,13,14,15). The van der Waals surface area contributed by atoms with Crippen LogP contribution in [0.25, 0.3) is 0 Å². The fraction of sp³-hybridized carbons (Fsp3) is 0.490. The third-order valence-electron chi connectivity index (χ3n) is 10.4. The molecule has 0 radical (unpaired) electrons. The molecule has 12 nitrogen and oxygen atoms in total. The van der Waals surface area contributed by atoms with Gasteiger partial charge in [0.2, 0.25) is 0 Å². The number of ether oxygens (including phenoxy) is 1. The summed E-state index contributed by atoms with van der Waals surface area (Å²) in [5.41, 5.74) is 7.07. The lowest BCUT2D eigenvalue weighted by Gasteiger charge is -2.24. The van der Waals surface area contributed by atoms with Crippen molar-refractivity contribution in [3.63, 3.8) is 0 Å². The molecule has 0 bridgehead atoms. The zero-order chi connectivity index (χ0) is 49.7. The van der Waals surface area contributed by atoms with E-state index in [1.54, 1.807) is 0 Å². The molecule has 4 N–H and O–H groups in total. The lowest BCUT2D eigenvalue weighted by molar-refractivity contribution is -0.145. The van der Waals surface area contributed by atoms with Crippen molar-refractivity contribution >= 4 is 27.6 Å². The Morgan fingerprint density at radius 3 is 0.831 bits per heavy atom. The van der Waals surface area contributed by atoms with Crippen LogP contribution in [0.15, 0.2) is 72.8 Å². The molecule has 0 amide bonds. The topological polar surface area (TPSA) is 186 Å². The van der Waals surface area contributed by atoms with Crippen molar-refractivity contribution < 1.29 is 56.8 Å². The van der Waals surface area contributed by atoms with Crippen LogP contribution in [0, 0.1) is 0 Å². The zero-order valence-electron chi connectivity index (χ0n) is 41.2. The number of benzene rings is 4. The molecule has 360 valence electrons. The van der Waals surface area contributed by atoms with Crippen LogP contribution in [0.4, 0.5) is 0 Å². The molecule has 0 spiro atoms. The van der Waals surface area contributed by atoms with E-state index in [9.17, 15) is 23.6 Å². The predicted octanol–water partition coefficient (Wildman–Crippen LogP) is 14.5. The molecule has 0 fully saturated rings. The predicted molar refractivity (Wildman–Crippen MR) is 260 cm³/mol. The van der Waals surface area contributed by atoms with Gasteiger partial charge in [0.25, 0.3) is 0 Å². The molecule has 4 aromatic rings. The van der Waals surface area contributed by atoms with Crippen molar-refractivity contribution in [2.75, 3.05) is 0 Å². The number of carboxylic acids is 1. The monoisotopic (exact) mass is 940 g/mol. The van der Waals surface area contributed by atoms with E-state index >= 15 is 0 Å². The van der Waals surface area contributed by atoms with Gasteiger partial charge in [0.1, 0.15) is 29.4 Å². The largest absolute Gasteiger partial charge is 0.584 e. The summed E-state index contributed by atoms with van der Waals surface area (Å²) in [4.78, 5) is 50.8. The zero-order valence-corrected chi connectivity index (χ0v) is 43.0. The minimum atomic E-state index is -4.52. The van der Waals surface area contributed by atoms with Crippen molar-refractivity contribution in [3.8, 4) is 23.0 Å². The van der Waals surface area contributed by atoms with E-state index in [1.165, 1.54) is 0 Å². The molecule has 0 aromatic heterocycles. The SMILES string of the molecule is CC(C)c1cccc(C(C)C)c1OC(=O)CC(=O)O.CC(C)c1cccc(C(C)C)c1OP(=O)(O)O.CC(C)c1cccc(C(C)C)c1OP(=O)(O)Oc1c(C(C)C)cccc1C(C)C. The Morgan fingerprint density at radius 1 is 0.415 bits per heavy atom. The first kappa shape index (κ1) is 56.7. The maximum Gasteiger partial charge on any atom is 0.584 e. The summed E-state index contributed by atoms with van der Waals surface area (Å²) in [5.74, 6) is 1.13. The van der Waals surface area contributed by atoms with Crippen LogP contribution >= 0.6 is 15.6 Å². The van der Waals surface area contributed by atoms with Gasteiger partial charge >= 0.3 is 27.6 Å². The second kappa shape index (κ2) is 24.9. The molecule has 4 aromatic carbocycles. The van der Waals surface area contributed by atoms with Crippen molar-refractivity contribution in [2.24, 2.45) is 0 Å². The Labute approximate surface area is 388 Å². The third kappa shape index (κ3) is 17.4. The fourth-order valence-electron chi connectivity index (χ4n) is 7.01. The summed E-state index contributed by atoms with van der Waals surface area (Å²) in [5, 5.41) is 8.62. The number of esters is 1. The van der Waals surface area contributed by atoms with Crippen LogP contribution in [0.2, 0.25) is 0 Å². The molecule has 14 heteroatoms. The van der Waals surface area contributed by atoms with Crippen LogP contribution in [-0.4, -0.2) is 31.7 Å². The highest BCUT2D eigenvalue weighted by atomic mass is 31.2. The Bertz CT molecular complexity index is 2110. The molecular formula is C51H74O12P2. The van der Waals surface area contributed by atoms with Crippen molar-refractivity contribution in [1.29, 1.82) is 0 Å². The molecule has 4 rings (SSSR count). The van der Waals surface area contributed by atoms with Gasteiger partial charge in [-0.2, -0.15) is 0 Å². The third-order valence-corrected chi connectivity index (χ3v) is 11.7. The molecule has 0 aliphatic rings. The summed E-state index contributed by atoms with van der Waals surface area (Å²) in [6.07, 6.45) is -0.621. The molecule has 0 unspecified atom stereocenters. The highest BCUT2D eigenvalue weighted by Crippen LogP contribution is 2.51. The average molecular weight is 941 g/mol. The quantitative estimate of drug-likeness (QED) is 0.0340. The first-order valence-corrected chi connectivity index (χ1v) is 25.4. The van der Waals surface area contributed by atoms with Crippen molar-refractivity contribution in [1.82, 2.24) is 0 Å². The number of carbonyl (C=O) groups excluding carboxylic acids is 1. The van der Waals surface area contributed by atoms with Gasteiger partial charge in [0.05, 0.1) is 0 Å². The van der Waals surface area contributed by atoms with Crippen molar-refractivity contribution in [3.05, 3.63) is 117 Å². The van der Waals surface area contributed by atoms with Crippen LogP contribution in [0.1, 0.15) is 209 Å². The van der Waals surface area contributed by atoms with Gasteiger partial charge < -0.3 is 23.4 Å². The average Bonchev–Trinajstić information content (AvgIpc) is 3.16. The van der Waals surface area contributed by atoms with E-state index in [4.69, 9.17) is 33.2 Å². The second-order valence-corrected chi connectivity index (χ2v) is 21.0. The molecular weight excluding hydrogens is 866 g/mol. The minimum Gasteiger partial charge on any atom is -0.481 e. The number of rotatable bonds is 17. The first-order chi connectivity index (χ1) is 30.0. The minimum absolute atomic E-state index is 0.148. The van der Waals surface area contributed by atoms with Gasteiger partial charge in [0, 0.05) is 0 Å². The lowest BCUT2D eigenvalue weighted by atomic mass is 9.94. The number of phosphoric ester groups is 2. The molecule has 0 saturated carbocycles. The van der Waals surface area contributed by atoms with E-state index in [-0.39, 0.29) is 47.3 Å². The van der Waals surface area contributed by atoms with E-state index in [0.29, 0.717) is 23.0 Å². The number of phosphoric acid groups is 2. The van der Waals surface area contributed by atoms with E-state index in [1.807, 2.05) is 184 Å². The number of carbonyl (C=O) groups is 2. The molecule has 0 atom stereocenters. The van der Waals surface area contributed by atoms with Gasteiger partial charge in [-0.05, 0) is 91.9 Å². The number of hydrogen-bond acceptors (Lipinski definition) is 8. The number of carboxylic acid groups (broad SMARTS) is 1. The first-order valence-electron chi connectivity index (χ1n) is 22.4. The number of aliphatic carboxylic acids is 1. The molecule has 65 heavy (non-hydrogen) atoms. The Kier molecular flexibility index (Phi) is 21.7. The number of hydrogen-bond donors (Lipinski definition) is 4. The van der Waals surface area contributed by atoms with Gasteiger partial charge in [-0.3, -0.25) is 24.3 Å².